The molecule has 1 atom stereocenters. The first-order valence-corrected chi connectivity index (χ1v) is 6.32. The molecule has 0 aliphatic heterocycles. The maximum absolute atomic E-state index is 11.9. The lowest BCUT2D eigenvalue weighted by molar-refractivity contribution is -0.122. The van der Waals surface area contributed by atoms with Crippen LogP contribution in [0.4, 0.5) is 0 Å². The average Bonchev–Trinajstić information content (AvgIpc) is 2.23. The second-order valence-corrected chi connectivity index (χ2v) is 5.93. The van der Waals surface area contributed by atoms with Crippen LogP contribution in [0.2, 0.25) is 0 Å². The van der Waals surface area contributed by atoms with Gasteiger partial charge in [0.1, 0.15) is 0 Å². The molecule has 15 heavy (non-hydrogen) atoms. The van der Waals surface area contributed by atoms with Crippen molar-refractivity contribution in [2.45, 2.75) is 52.4 Å². The lowest BCUT2D eigenvalue weighted by Crippen LogP contribution is -2.32. The Bertz CT molecular complexity index is 269. The smallest absolute Gasteiger partial charge is 0.158 e. The molecule has 1 fully saturated rings. The first-order valence-electron chi connectivity index (χ1n) is 6.32. The van der Waals surface area contributed by atoms with Gasteiger partial charge in [-0.05, 0) is 36.7 Å². The third-order valence-electron chi connectivity index (χ3n) is 4.03. The average molecular weight is 206 g/mol. The van der Waals surface area contributed by atoms with Crippen molar-refractivity contribution in [2.24, 2.45) is 17.3 Å². The predicted octanol–water partition coefficient (Wildman–Crippen LogP) is 3.74. The third-order valence-corrected chi connectivity index (χ3v) is 4.03. The van der Waals surface area contributed by atoms with Gasteiger partial charge >= 0.3 is 0 Å². The molecule has 0 aromatic carbocycles. The first kappa shape index (κ1) is 10.9. The van der Waals surface area contributed by atoms with E-state index in [4.69, 9.17) is 0 Å². The zero-order valence-electron chi connectivity index (χ0n) is 9.96. The normalized spacial score (nSPS) is 31.9. The number of ketones is 1. The number of carbonyl (C=O) groups excluding carboxylic acids is 1. The van der Waals surface area contributed by atoms with E-state index in [1.807, 2.05) is 6.08 Å². The molecule has 0 amide bonds. The van der Waals surface area contributed by atoms with Crippen LogP contribution in [-0.2, 0) is 4.79 Å². The summed E-state index contributed by atoms with van der Waals surface area (Å²) in [6, 6.07) is 0. The minimum Gasteiger partial charge on any atom is -0.295 e. The summed E-state index contributed by atoms with van der Waals surface area (Å²) in [5.74, 6) is 1.39. The highest BCUT2D eigenvalue weighted by Crippen LogP contribution is 2.40. The van der Waals surface area contributed by atoms with Crippen LogP contribution in [0.15, 0.2) is 12.2 Å². The Morgan fingerprint density at radius 3 is 2.53 bits per heavy atom. The van der Waals surface area contributed by atoms with E-state index in [1.165, 1.54) is 32.1 Å². The molecule has 0 saturated heterocycles. The molecule has 0 N–H and O–H groups in total. The van der Waals surface area contributed by atoms with Crippen LogP contribution in [0.3, 0.4) is 0 Å². The molecule has 2 rings (SSSR count). The zero-order chi connectivity index (χ0) is 10.9. The molecule has 1 unspecified atom stereocenters. The molecule has 1 heteroatoms. The zero-order valence-corrected chi connectivity index (χ0v) is 9.96. The molecule has 0 heterocycles. The van der Waals surface area contributed by atoms with Gasteiger partial charge in [-0.25, -0.2) is 0 Å². The van der Waals surface area contributed by atoms with Crippen molar-refractivity contribution >= 4 is 5.78 Å². The van der Waals surface area contributed by atoms with Gasteiger partial charge in [0.2, 0.25) is 0 Å². The van der Waals surface area contributed by atoms with Crippen molar-refractivity contribution < 1.29 is 4.79 Å². The van der Waals surface area contributed by atoms with Crippen LogP contribution in [0.1, 0.15) is 52.4 Å². The Morgan fingerprint density at radius 1 is 1.20 bits per heavy atom. The van der Waals surface area contributed by atoms with Crippen LogP contribution >= 0.6 is 0 Å². The van der Waals surface area contributed by atoms with E-state index in [2.05, 4.69) is 19.9 Å². The molecule has 1 nitrogen and oxygen atoms in total. The lowest BCUT2D eigenvalue weighted by atomic mass is 9.68. The highest BCUT2D eigenvalue weighted by atomic mass is 16.1. The second kappa shape index (κ2) is 4.11. The van der Waals surface area contributed by atoms with Gasteiger partial charge in [0.05, 0.1) is 0 Å². The summed E-state index contributed by atoms with van der Waals surface area (Å²) in [5.41, 5.74) is 0.232. The van der Waals surface area contributed by atoms with E-state index in [-0.39, 0.29) is 5.41 Å². The van der Waals surface area contributed by atoms with Crippen LogP contribution in [0.25, 0.3) is 0 Å². The van der Waals surface area contributed by atoms with Crippen molar-refractivity contribution in [2.75, 3.05) is 0 Å². The molecule has 2 aliphatic carbocycles. The molecule has 0 spiro atoms. The number of hydrogen-bond acceptors (Lipinski definition) is 1. The minimum atomic E-state index is 0.232. The van der Waals surface area contributed by atoms with Crippen LogP contribution < -0.4 is 0 Å². The van der Waals surface area contributed by atoms with Gasteiger partial charge in [-0.15, -0.1) is 0 Å². The quantitative estimate of drug-likeness (QED) is 0.638. The van der Waals surface area contributed by atoms with Crippen molar-refractivity contribution in [3.63, 3.8) is 0 Å². The van der Waals surface area contributed by atoms with Gasteiger partial charge in [-0.1, -0.05) is 39.2 Å². The SMILES string of the molecule is CC1(C)C=CC(=O)C(C2CCCCC2)C1. The van der Waals surface area contributed by atoms with Crippen LogP contribution in [0.5, 0.6) is 0 Å². The van der Waals surface area contributed by atoms with Gasteiger partial charge in [-0.2, -0.15) is 0 Å². The molecular weight excluding hydrogens is 184 g/mol. The monoisotopic (exact) mass is 206 g/mol. The fourth-order valence-corrected chi connectivity index (χ4v) is 3.10. The highest BCUT2D eigenvalue weighted by molar-refractivity contribution is 5.93. The Kier molecular flexibility index (Phi) is 2.99. The second-order valence-electron chi connectivity index (χ2n) is 5.93. The Balaban J connectivity index is 2.08. The van der Waals surface area contributed by atoms with E-state index in [0.29, 0.717) is 17.6 Å². The Labute approximate surface area is 92.9 Å². The minimum absolute atomic E-state index is 0.232. The van der Waals surface area contributed by atoms with Crippen LogP contribution in [0, 0.1) is 17.3 Å². The van der Waals surface area contributed by atoms with E-state index < -0.39 is 0 Å². The van der Waals surface area contributed by atoms with Gasteiger partial charge in [0.25, 0.3) is 0 Å². The maximum Gasteiger partial charge on any atom is 0.158 e. The number of carbonyl (C=O) groups is 1. The molecule has 1 saturated carbocycles. The summed E-state index contributed by atoms with van der Waals surface area (Å²) in [6.45, 7) is 4.48. The number of rotatable bonds is 1. The molecule has 0 aromatic heterocycles. The lowest BCUT2D eigenvalue weighted by Gasteiger charge is -2.36. The van der Waals surface area contributed by atoms with E-state index >= 15 is 0 Å². The van der Waals surface area contributed by atoms with Crippen LogP contribution in [-0.4, -0.2) is 5.78 Å². The summed E-state index contributed by atoms with van der Waals surface area (Å²) < 4.78 is 0. The topological polar surface area (TPSA) is 17.1 Å². The van der Waals surface area contributed by atoms with Crippen molar-refractivity contribution in [1.29, 1.82) is 0 Å². The molecule has 84 valence electrons. The van der Waals surface area contributed by atoms with E-state index in [1.54, 1.807) is 0 Å². The van der Waals surface area contributed by atoms with Crippen molar-refractivity contribution in [3.8, 4) is 0 Å². The summed E-state index contributed by atoms with van der Waals surface area (Å²) >= 11 is 0. The third kappa shape index (κ3) is 2.50. The summed E-state index contributed by atoms with van der Waals surface area (Å²) in [4.78, 5) is 11.9. The van der Waals surface area contributed by atoms with Gasteiger partial charge in [-0.3, -0.25) is 4.79 Å². The summed E-state index contributed by atoms with van der Waals surface area (Å²) in [6.07, 6.45) is 11.6. The molecule has 0 bridgehead atoms. The molecule has 0 aromatic rings. The molecule has 0 radical (unpaired) electrons. The van der Waals surface area contributed by atoms with Gasteiger partial charge in [0, 0.05) is 5.92 Å². The number of allylic oxidation sites excluding steroid dienone is 2. The van der Waals surface area contributed by atoms with Gasteiger partial charge < -0.3 is 0 Å². The highest BCUT2D eigenvalue weighted by Gasteiger charge is 2.35. The predicted molar refractivity (Wildman–Crippen MR) is 62.6 cm³/mol. The fourth-order valence-electron chi connectivity index (χ4n) is 3.10. The Hall–Kier alpha value is -0.590. The van der Waals surface area contributed by atoms with Gasteiger partial charge in [0.15, 0.2) is 5.78 Å². The standard InChI is InChI=1S/C14H22O/c1-14(2)9-8-13(15)12(10-14)11-6-4-3-5-7-11/h8-9,11-12H,3-7,10H2,1-2H3. The first-order chi connectivity index (χ1) is 7.08. The fraction of sp³-hybridized carbons (Fsp3) is 0.786. The molecule has 2 aliphatic rings. The largest absolute Gasteiger partial charge is 0.295 e. The van der Waals surface area contributed by atoms with Crippen molar-refractivity contribution in [3.05, 3.63) is 12.2 Å². The molecular formula is C14H22O. The van der Waals surface area contributed by atoms with E-state index in [0.717, 1.165) is 6.42 Å². The summed E-state index contributed by atoms with van der Waals surface area (Å²) in [5, 5.41) is 0. The maximum atomic E-state index is 11.9. The van der Waals surface area contributed by atoms with E-state index in [9.17, 15) is 4.79 Å². The van der Waals surface area contributed by atoms with Crippen molar-refractivity contribution in [1.82, 2.24) is 0 Å². The number of hydrogen-bond donors (Lipinski definition) is 0. The summed E-state index contributed by atoms with van der Waals surface area (Å²) in [7, 11) is 0. The Morgan fingerprint density at radius 2 is 1.87 bits per heavy atom.